The molecule has 0 aliphatic carbocycles. The Labute approximate surface area is 93.3 Å². The van der Waals surface area contributed by atoms with Crippen LogP contribution < -0.4 is 11.1 Å². The topological polar surface area (TPSA) is 92.5 Å². The van der Waals surface area contributed by atoms with E-state index >= 15 is 0 Å². The first-order valence-electron chi connectivity index (χ1n) is 5.00. The van der Waals surface area contributed by atoms with Crippen LogP contribution in [0, 0.1) is 6.92 Å². The first kappa shape index (κ1) is 10.4. The van der Waals surface area contributed by atoms with Crippen molar-refractivity contribution < 1.29 is 0 Å². The molecule has 0 aliphatic rings. The number of H-pyrrole nitrogens is 1. The quantitative estimate of drug-likeness (QED) is 0.721. The highest BCUT2D eigenvalue weighted by molar-refractivity contribution is 5.51. The summed E-state index contributed by atoms with van der Waals surface area (Å²) in [6.45, 7) is 3.94. The third-order valence-corrected chi connectivity index (χ3v) is 2.30. The minimum absolute atomic E-state index is 0.0253. The summed E-state index contributed by atoms with van der Waals surface area (Å²) in [4.78, 5) is 8.31. The summed E-state index contributed by atoms with van der Waals surface area (Å²) in [7, 11) is 0. The van der Waals surface area contributed by atoms with Gasteiger partial charge in [0.2, 0.25) is 0 Å². The Kier molecular flexibility index (Phi) is 2.72. The summed E-state index contributed by atoms with van der Waals surface area (Å²) in [6.07, 6.45) is 3.11. The zero-order valence-electron chi connectivity index (χ0n) is 9.23. The maximum absolute atomic E-state index is 5.63. The third-order valence-electron chi connectivity index (χ3n) is 2.30. The molecule has 0 bridgehead atoms. The van der Waals surface area contributed by atoms with Gasteiger partial charge in [-0.05, 0) is 25.5 Å². The van der Waals surface area contributed by atoms with E-state index in [2.05, 4.69) is 25.5 Å². The van der Waals surface area contributed by atoms with E-state index in [1.165, 1.54) is 6.33 Å². The van der Waals surface area contributed by atoms with Crippen LogP contribution in [0.3, 0.4) is 0 Å². The van der Waals surface area contributed by atoms with Gasteiger partial charge in [-0.1, -0.05) is 0 Å². The average Bonchev–Trinajstić information content (AvgIpc) is 2.75. The van der Waals surface area contributed by atoms with Crippen molar-refractivity contribution in [2.24, 2.45) is 0 Å². The van der Waals surface area contributed by atoms with Crippen LogP contribution in [0.15, 0.2) is 18.6 Å². The molecule has 0 radical (unpaired) electrons. The van der Waals surface area contributed by atoms with Crippen LogP contribution in [0.5, 0.6) is 0 Å². The minimum Gasteiger partial charge on any atom is -0.397 e. The standard InChI is InChI=1S/C10H14N6/c1-6-3-8(11)4-12-9(6)15-7(2)10-13-5-14-16-10/h3-5,7H,11H2,1-2H3,(H,12,15)(H,13,14,16). The summed E-state index contributed by atoms with van der Waals surface area (Å²) in [5.41, 5.74) is 7.30. The summed E-state index contributed by atoms with van der Waals surface area (Å²) < 4.78 is 0. The van der Waals surface area contributed by atoms with Crippen molar-refractivity contribution in [3.8, 4) is 0 Å². The molecule has 6 nitrogen and oxygen atoms in total. The van der Waals surface area contributed by atoms with Gasteiger partial charge in [0.05, 0.1) is 17.9 Å². The van der Waals surface area contributed by atoms with Crippen LogP contribution in [-0.4, -0.2) is 20.2 Å². The van der Waals surface area contributed by atoms with E-state index < -0.39 is 0 Å². The van der Waals surface area contributed by atoms with Gasteiger partial charge in [0.15, 0.2) is 0 Å². The van der Waals surface area contributed by atoms with E-state index in [0.29, 0.717) is 5.69 Å². The Bertz CT molecular complexity index is 464. The highest BCUT2D eigenvalue weighted by atomic mass is 15.2. The number of aryl methyl sites for hydroxylation is 1. The summed E-state index contributed by atoms with van der Waals surface area (Å²) in [5, 5.41) is 9.86. The Balaban J connectivity index is 2.15. The van der Waals surface area contributed by atoms with Gasteiger partial charge in [-0.2, -0.15) is 5.10 Å². The molecule has 4 N–H and O–H groups in total. The number of nitrogen functional groups attached to an aromatic ring is 1. The lowest BCUT2D eigenvalue weighted by atomic mass is 10.2. The molecule has 84 valence electrons. The molecule has 1 atom stereocenters. The fourth-order valence-corrected chi connectivity index (χ4v) is 1.44. The van der Waals surface area contributed by atoms with Gasteiger partial charge in [-0.3, -0.25) is 5.10 Å². The normalized spacial score (nSPS) is 12.4. The van der Waals surface area contributed by atoms with Crippen LogP contribution >= 0.6 is 0 Å². The Morgan fingerprint density at radius 3 is 2.88 bits per heavy atom. The average molecular weight is 218 g/mol. The molecule has 0 saturated heterocycles. The minimum atomic E-state index is 0.0253. The number of hydrogen-bond acceptors (Lipinski definition) is 5. The van der Waals surface area contributed by atoms with E-state index in [1.807, 2.05) is 19.9 Å². The number of hydrogen-bond donors (Lipinski definition) is 3. The second kappa shape index (κ2) is 4.18. The molecule has 2 heterocycles. The van der Waals surface area contributed by atoms with Crippen molar-refractivity contribution >= 4 is 11.5 Å². The molecular formula is C10H14N6. The van der Waals surface area contributed by atoms with Crippen LogP contribution in [0.1, 0.15) is 24.4 Å². The molecule has 0 amide bonds. The highest BCUT2D eigenvalue weighted by Crippen LogP contribution is 2.18. The fourth-order valence-electron chi connectivity index (χ4n) is 1.44. The number of pyridine rings is 1. The number of nitrogens with two attached hydrogens (primary N) is 1. The molecule has 16 heavy (non-hydrogen) atoms. The molecule has 2 rings (SSSR count). The Morgan fingerprint density at radius 2 is 2.25 bits per heavy atom. The van der Waals surface area contributed by atoms with Gasteiger partial charge in [-0.25, -0.2) is 9.97 Å². The van der Waals surface area contributed by atoms with E-state index in [1.54, 1.807) is 6.20 Å². The van der Waals surface area contributed by atoms with Crippen LogP contribution in [-0.2, 0) is 0 Å². The van der Waals surface area contributed by atoms with Crippen molar-refractivity contribution in [3.05, 3.63) is 30.0 Å². The largest absolute Gasteiger partial charge is 0.397 e. The van der Waals surface area contributed by atoms with Gasteiger partial charge < -0.3 is 11.1 Å². The van der Waals surface area contributed by atoms with Crippen LogP contribution in [0.2, 0.25) is 0 Å². The molecule has 1 unspecified atom stereocenters. The van der Waals surface area contributed by atoms with Crippen LogP contribution in [0.25, 0.3) is 0 Å². The van der Waals surface area contributed by atoms with Crippen molar-refractivity contribution in [2.45, 2.75) is 19.9 Å². The number of rotatable bonds is 3. The highest BCUT2D eigenvalue weighted by Gasteiger charge is 2.10. The number of nitrogens with zero attached hydrogens (tertiary/aromatic N) is 3. The molecule has 0 spiro atoms. The Morgan fingerprint density at radius 1 is 1.44 bits per heavy atom. The van der Waals surface area contributed by atoms with Crippen LogP contribution in [0.4, 0.5) is 11.5 Å². The smallest absolute Gasteiger partial charge is 0.146 e. The lowest BCUT2D eigenvalue weighted by Gasteiger charge is -2.13. The van der Waals surface area contributed by atoms with E-state index in [-0.39, 0.29) is 6.04 Å². The maximum Gasteiger partial charge on any atom is 0.146 e. The molecule has 0 saturated carbocycles. The first-order chi connectivity index (χ1) is 7.66. The third kappa shape index (κ3) is 2.10. The molecule has 0 aliphatic heterocycles. The predicted octanol–water partition coefficient (Wildman–Crippen LogP) is 1.26. The molecular weight excluding hydrogens is 204 g/mol. The summed E-state index contributed by atoms with van der Waals surface area (Å²) in [6, 6.07) is 1.90. The molecule has 2 aromatic rings. The summed E-state index contributed by atoms with van der Waals surface area (Å²) in [5.74, 6) is 1.58. The lowest BCUT2D eigenvalue weighted by molar-refractivity contribution is 0.789. The zero-order valence-corrected chi connectivity index (χ0v) is 9.23. The number of anilines is 2. The predicted molar refractivity (Wildman–Crippen MR) is 61.8 cm³/mol. The fraction of sp³-hybridized carbons (Fsp3) is 0.300. The number of aromatic nitrogens is 4. The summed E-state index contributed by atoms with van der Waals surface area (Å²) >= 11 is 0. The van der Waals surface area contributed by atoms with E-state index in [4.69, 9.17) is 5.73 Å². The van der Waals surface area contributed by atoms with E-state index in [0.717, 1.165) is 17.2 Å². The molecule has 6 heteroatoms. The maximum atomic E-state index is 5.63. The van der Waals surface area contributed by atoms with Crippen molar-refractivity contribution in [2.75, 3.05) is 11.1 Å². The van der Waals surface area contributed by atoms with Gasteiger partial charge in [0, 0.05) is 0 Å². The van der Waals surface area contributed by atoms with Gasteiger partial charge >= 0.3 is 0 Å². The number of nitrogens with one attached hydrogen (secondary N) is 2. The molecule has 0 fully saturated rings. The second-order valence-electron chi connectivity index (χ2n) is 3.67. The SMILES string of the molecule is Cc1cc(N)cnc1NC(C)c1ncn[nH]1. The van der Waals surface area contributed by atoms with Gasteiger partial charge in [0.25, 0.3) is 0 Å². The van der Waals surface area contributed by atoms with E-state index in [9.17, 15) is 0 Å². The molecule has 2 aromatic heterocycles. The zero-order chi connectivity index (χ0) is 11.5. The lowest BCUT2D eigenvalue weighted by Crippen LogP contribution is -2.11. The van der Waals surface area contributed by atoms with Gasteiger partial charge in [0.1, 0.15) is 18.0 Å². The second-order valence-corrected chi connectivity index (χ2v) is 3.67. The van der Waals surface area contributed by atoms with Crippen molar-refractivity contribution in [3.63, 3.8) is 0 Å². The van der Waals surface area contributed by atoms with Crippen molar-refractivity contribution in [1.82, 2.24) is 20.2 Å². The number of aromatic amines is 1. The van der Waals surface area contributed by atoms with Crippen molar-refractivity contribution in [1.29, 1.82) is 0 Å². The Hall–Kier alpha value is -2.11. The molecule has 0 aromatic carbocycles. The van der Waals surface area contributed by atoms with Gasteiger partial charge in [-0.15, -0.1) is 0 Å². The first-order valence-corrected chi connectivity index (χ1v) is 5.00. The monoisotopic (exact) mass is 218 g/mol.